The van der Waals surface area contributed by atoms with Crippen molar-refractivity contribution in [1.29, 1.82) is 0 Å². The molecule has 2 aromatic rings. The lowest BCUT2D eigenvalue weighted by molar-refractivity contribution is -0.122. The molecule has 0 aliphatic carbocycles. The number of hydrogen-bond donors (Lipinski definition) is 0. The summed E-state index contributed by atoms with van der Waals surface area (Å²) in [4.78, 5) is 16.5. The van der Waals surface area contributed by atoms with Gasteiger partial charge >= 0.3 is 0 Å². The first kappa shape index (κ1) is 16.7. The number of Topliss-reactive ketones (excluding diaryl/α,β-unsaturated/α-hetero) is 1. The predicted molar refractivity (Wildman–Crippen MR) is 91.9 cm³/mol. The van der Waals surface area contributed by atoms with Crippen LogP contribution in [-0.2, 0) is 22.6 Å². The third kappa shape index (κ3) is 5.17. The molecule has 0 saturated carbocycles. The molecule has 0 spiro atoms. The van der Waals surface area contributed by atoms with Crippen molar-refractivity contribution in [3.05, 3.63) is 59.9 Å². The Hall–Kier alpha value is -2.20. The monoisotopic (exact) mass is 325 g/mol. The molecule has 1 atom stereocenters. The summed E-state index contributed by atoms with van der Waals surface area (Å²) >= 11 is 0. The van der Waals surface area contributed by atoms with Crippen molar-refractivity contribution in [3.63, 3.8) is 0 Å². The van der Waals surface area contributed by atoms with E-state index in [1.54, 1.807) is 6.20 Å². The smallest absolute Gasteiger partial charge is 0.141 e. The number of aromatic nitrogens is 1. The van der Waals surface area contributed by atoms with Gasteiger partial charge in [0.05, 0.1) is 11.8 Å². The van der Waals surface area contributed by atoms with Gasteiger partial charge in [0.15, 0.2) is 0 Å². The Morgan fingerprint density at radius 3 is 2.88 bits per heavy atom. The van der Waals surface area contributed by atoms with Crippen LogP contribution < -0.4 is 4.74 Å². The number of pyridine rings is 1. The summed E-state index contributed by atoms with van der Waals surface area (Å²) in [6.45, 7) is 1.28. The molecule has 0 radical (unpaired) electrons. The Morgan fingerprint density at radius 2 is 2.08 bits per heavy atom. The highest BCUT2D eigenvalue weighted by atomic mass is 16.5. The Kier molecular flexibility index (Phi) is 5.96. The van der Waals surface area contributed by atoms with Crippen LogP contribution in [0.5, 0.6) is 5.75 Å². The highest BCUT2D eigenvalue weighted by Crippen LogP contribution is 2.18. The number of nitrogens with zero attached hydrogens (tertiary/aromatic N) is 1. The molecule has 1 aliphatic rings. The molecule has 1 aromatic carbocycles. The molecule has 3 rings (SSSR count). The van der Waals surface area contributed by atoms with E-state index in [9.17, 15) is 4.79 Å². The van der Waals surface area contributed by atoms with Gasteiger partial charge in [0.25, 0.3) is 0 Å². The van der Waals surface area contributed by atoms with Gasteiger partial charge in [-0.3, -0.25) is 9.78 Å². The molecule has 0 amide bonds. The van der Waals surface area contributed by atoms with Crippen LogP contribution >= 0.6 is 0 Å². The lowest BCUT2D eigenvalue weighted by atomic mass is 10.0. The van der Waals surface area contributed by atoms with E-state index in [1.165, 1.54) is 0 Å². The van der Waals surface area contributed by atoms with E-state index in [0.29, 0.717) is 19.4 Å². The molecule has 1 aliphatic heterocycles. The third-order valence-electron chi connectivity index (χ3n) is 4.14. The fourth-order valence-electron chi connectivity index (χ4n) is 2.88. The standard InChI is InChI=1S/C20H23NO3/c22-18(14-19-8-4-5-11-23-19)12-17-13-20(9-10-21-17)24-15-16-6-2-1-3-7-16/h1-3,6-7,9-10,13,19H,4-5,8,11-12,14-15H2. The van der Waals surface area contributed by atoms with Crippen molar-refractivity contribution < 1.29 is 14.3 Å². The first-order valence-corrected chi connectivity index (χ1v) is 8.54. The Bertz CT molecular complexity index is 651. The van der Waals surface area contributed by atoms with Gasteiger partial charge in [0.2, 0.25) is 0 Å². The molecule has 0 N–H and O–H groups in total. The summed E-state index contributed by atoms with van der Waals surface area (Å²) in [5.41, 5.74) is 1.86. The van der Waals surface area contributed by atoms with Crippen LogP contribution in [0.3, 0.4) is 0 Å². The Labute approximate surface area is 142 Å². The molecule has 2 heterocycles. The molecular formula is C20H23NO3. The summed E-state index contributed by atoms with van der Waals surface area (Å²) in [5, 5.41) is 0. The first-order chi connectivity index (χ1) is 11.8. The van der Waals surface area contributed by atoms with Crippen LogP contribution in [0.15, 0.2) is 48.7 Å². The summed E-state index contributed by atoms with van der Waals surface area (Å²) in [5.74, 6) is 0.917. The quantitative estimate of drug-likeness (QED) is 0.778. The first-order valence-electron chi connectivity index (χ1n) is 8.54. The maximum Gasteiger partial charge on any atom is 0.141 e. The third-order valence-corrected chi connectivity index (χ3v) is 4.14. The highest BCUT2D eigenvalue weighted by Gasteiger charge is 2.18. The number of rotatable bonds is 7. The number of carbonyl (C=O) groups is 1. The molecule has 1 saturated heterocycles. The van der Waals surface area contributed by atoms with Crippen LogP contribution in [0.4, 0.5) is 0 Å². The van der Waals surface area contributed by atoms with Crippen molar-refractivity contribution in [2.24, 2.45) is 0 Å². The Morgan fingerprint density at radius 1 is 1.21 bits per heavy atom. The number of ketones is 1. The molecule has 4 heteroatoms. The minimum Gasteiger partial charge on any atom is -0.489 e. The number of hydrogen-bond acceptors (Lipinski definition) is 4. The second-order valence-corrected chi connectivity index (χ2v) is 6.17. The number of ether oxygens (including phenoxy) is 2. The zero-order valence-corrected chi connectivity index (χ0v) is 13.8. The molecular weight excluding hydrogens is 302 g/mol. The van der Waals surface area contributed by atoms with Gasteiger partial charge in [0, 0.05) is 31.7 Å². The lowest BCUT2D eigenvalue weighted by Gasteiger charge is -2.21. The van der Waals surface area contributed by atoms with Gasteiger partial charge in [-0.15, -0.1) is 0 Å². The van der Waals surface area contributed by atoms with Crippen molar-refractivity contribution in [3.8, 4) is 5.75 Å². The number of carbonyl (C=O) groups excluding carboxylic acids is 1. The fourth-order valence-corrected chi connectivity index (χ4v) is 2.88. The molecule has 126 valence electrons. The van der Waals surface area contributed by atoms with Gasteiger partial charge in [-0.25, -0.2) is 0 Å². The highest BCUT2D eigenvalue weighted by molar-refractivity contribution is 5.81. The second kappa shape index (κ2) is 8.60. The fraction of sp³-hybridized carbons (Fsp3) is 0.400. The number of benzene rings is 1. The average molecular weight is 325 g/mol. The van der Waals surface area contributed by atoms with Crippen molar-refractivity contribution >= 4 is 5.78 Å². The minimum absolute atomic E-state index is 0.0868. The summed E-state index contributed by atoms with van der Waals surface area (Å²) in [6.07, 6.45) is 5.84. The van der Waals surface area contributed by atoms with E-state index in [4.69, 9.17) is 9.47 Å². The normalized spacial score (nSPS) is 17.4. The van der Waals surface area contributed by atoms with Crippen LogP contribution in [0.25, 0.3) is 0 Å². The van der Waals surface area contributed by atoms with E-state index in [2.05, 4.69) is 4.98 Å². The van der Waals surface area contributed by atoms with Crippen molar-refractivity contribution in [2.75, 3.05) is 6.61 Å². The molecule has 1 fully saturated rings. The summed E-state index contributed by atoms with van der Waals surface area (Å²) in [7, 11) is 0. The summed E-state index contributed by atoms with van der Waals surface area (Å²) in [6, 6.07) is 13.7. The zero-order valence-electron chi connectivity index (χ0n) is 13.8. The maximum atomic E-state index is 12.2. The van der Waals surface area contributed by atoms with Crippen LogP contribution in [0.2, 0.25) is 0 Å². The topological polar surface area (TPSA) is 48.4 Å². The van der Waals surface area contributed by atoms with Crippen molar-refractivity contribution in [2.45, 2.75) is 44.8 Å². The zero-order chi connectivity index (χ0) is 16.6. The van der Waals surface area contributed by atoms with Gasteiger partial charge in [-0.1, -0.05) is 30.3 Å². The van der Waals surface area contributed by atoms with E-state index in [1.807, 2.05) is 42.5 Å². The SMILES string of the molecule is O=C(Cc1cc(OCc2ccccc2)ccn1)CC1CCCCO1. The van der Waals surface area contributed by atoms with E-state index in [0.717, 1.165) is 42.9 Å². The van der Waals surface area contributed by atoms with Crippen LogP contribution in [0.1, 0.15) is 36.9 Å². The molecule has 1 unspecified atom stereocenters. The van der Waals surface area contributed by atoms with Gasteiger partial charge in [0.1, 0.15) is 18.1 Å². The predicted octanol–water partition coefficient (Wildman–Crippen LogP) is 3.73. The van der Waals surface area contributed by atoms with E-state index >= 15 is 0 Å². The maximum absolute atomic E-state index is 12.2. The van der Waals surface area contributed by atoms with E-state index < -0.39 is 0 Å². The summed E-state index contributed by atoms with van der Waals surface area (Å²) < 4.78 is 11.4. The molecule has 1 aromatic heterocycles. The molecule has 4 nitrogen and oxygen atoms in total. The molecule has 24 heavy (non-hydrogen) atoms. The second-order valence-electron chi connectivity index (χ2n) is 6.17. The Balaban J connectivity index is 1.51. The molecule has 0 bridgehead atoms. The van der Waals surface area contributed by atoms with Gasteiger partial charge in [-0.05, 0) is 30.9 Å². The van der Waals surface area contributed by atoms with Crippen LogP contribution in [-0.4, -0.2) is 23.5 Å². The average Bonchev–Trinajstić information content (AvgIpc) is 2.62. The minimum atomic E-state index is 0.0868. The largest absolute Gasteiger partial charge is 0.489 e. The van der Waals surface area contributed by atoms with Crippen molar-refractivity contribution in [1.82, 2.24) is 4.98 Å². The van der Waals surface area contributed by atoms with Gasteiger partial charge < -0.3 is 9.47 Å². The lowest BCUT2D eigenvalue weighted by Crippen LogP contribution is -2.23. The van der Waals surface area contributed by atoms with Gasteiger partial charge in [-0.2, -0.15) is 0 Å². The van der Waals surface area contributed by atoms with E-state index in [-0.39, 0.29) is 11.9 Å². The van der Waals surface area contributed by atoms with Crippen LogP contribution in [0, 0.1) is 0 Å².